The maximum Gasteiger partial charge on any atom is 0.358 e. The van der Waals surface area contributed by atoms with Crippen molar-refractivity contribution >= 4 is 17.6 Å². The van der Waals surface area contributed by atoms with E-state index < -0.39 is 5.97 Å². The van der Waals surface area contributed by atoms with Gasteiger partial charge in [-0.25, -0.2) is 14.8 Å². The molecule has 0 aliphatic heterocycles. The fourth-order valence-electron chi connectivity index (χ4n) is 1.19. The molecule has 1 N–H and O–H groups in total. The van der Waals surface area contributed by atoms with Gasteiger partial charge in [0.05, 0.1) is 6.20 Å². The third kappa shape index (κ3) is 2.70. The molecule has 0 saturated heterocycles. The predicted octanol–water partition coefficient (Wildman–Crippen LogP) is 2.62. The van der Waals surface area contributed by atoms with Gasteiger partial charge in [0.2, 0.25) is 5.28 Å². The molecular formula is C11H7ClN2O3. The van der Waals surface area contributed by atoms with E-state index in [1.807, 2.05) is 6.07 Å². The number of carboxylic acid groups (broad SMARTS) is 1. The van der Waals surface area contributed by atoms with Crippen molar-refractivity contribution in [3.63, 3.8) is 0 Å². The monoisotopic (exact) mass is 250 g/mol. The van der Waals surface area contributed by atoms with Crippen molar-refractivity contribution in [3.05, 3.63) is 47.5 Å². The fraction of sp³-hybridized carbons (Fsp3) is 0. The fourth-order valence-corrected chi connectivity index (χ4v) is 1.33. The van der Waals surface area contributed by atoms with Gasteiger partial charge in [-0.05, 0) is 23.7 Å². The van der Waals surface area contributed by atoms with Crippen LogP contribution in [-0.4, -0.2) is 21.0 Å². The molecule has 0 fully saturated rings. The van der Waals surface area contributed by atoms with E-state index in [0.29, 0.717) is 5.75 Å². The third-order valence-electron chi connectivity index (χ3n) is 1.90. The van der Waals surface area contributed by atoms with Crippen LogP contribution in [0.1, 0.15) is 10.5 Å². The molecule has 0 aliphatic carbocycles. The van der Waals surface area contributed by atoms with Gasteiger partial charge >= 0.3 is 5.97 Å². The molecular weight excluding hydrogens is 244 g/mol. The van der Waals surface area contributed by atoms with E-state index in [0.717, 1.165) is 0 Å². The molecule has 17 heavy (non-hydrogen) atoms. The number of nitrogens with zero attached hydrogens (tertiary/aromatic N) is 2. The average Bonchev–Trinajstić information content (AvgIpc) is 2.32. The van der Waals surface area contributed by atoms with Crippen LogP contribution in [0.25, 0.3) is 0 Å². The van der Waals surface area contributed by atoms with E-state index in [-0.39, 0.29) is 16.7 Å². The van der Waals surface area contributed by atoms with Gasteiger partial charge in [-0.1, -0.05) is 18.2 Å². The summed E-state index contributed by atoms with van der Waals surface area (Å²) in [6.07, 6.45) is 1.23. The van der Waals surface area contributed by atoms with Crippen molar-refractivity contribution in [2.24, 2.45) is 0 Å². The highest BCUT2D eigenvalue weighted by Gasteiger charge is 2.15. The van der Waals surface area contributed by atoms with E-state index in [9.17, 15) is 4.79 Å². The number of aromatic carboxylic acids is 1. The quantitative estimate of drug-likeness (QED) is 0.848. The number of rotatable bonds is 3. The van der Waals surface area contributed by atoms with Gasteiger partial charge in [0.25, 0.3) is 0 Å². The molecule has 0 radical (unpaired) electrons. The first kappa shape index (κ1) is 11.3. The minimum atomic E-state index is -1.22. The molecule has 6 heteroatoms. The Kier molecular flexibility index (Phi) is 3.20. The van der Waals surface area contributed by atoms with Crippen LogP contribution in [0.2, 0.25) is 5.28 Å². The maximum atomic E-state index is 10.9. The number of carboxylic acids is 1. The SMILES string of the molecule is O=C(O)c1nc(Cl)ncc1Oc1ccccc1. The molecule has 2 rings (SSSR count). The lowest BCUT2D eigenvalue weighted by Gasteiger charge is -2.07. The Balaban J connectivity index is 2.36. The molecule has 5 nitrogen and oxygen atoms in total. The number of benzene rings is 1. The molecule has 1 aromatic heterocycles. The Morgan fingerprint density at radius 1 is 1.29 bits per heavy atom. The van der Waals surface area contributed by atoms with Crippen molar-refractivity contribution in [1.82, 2.24) is 9.97 Å². The van der Waals surface area contributed by atoms with Gasteiger partial charge in [0.1, 0.15) is 5.75 Å². The summed E-state index contributed by atoms with van der Waals surface area (Å²) < 4.78 is 5.36. The van der Waals surface area contributed by atoms with Crippen molar-refractivity contribution in [2.45, 2.75) is 0 Å². The first-order valence-corrected chi connectivity index (χ1v) is 5.03. The minimum Gasteiger partial charge on any atom is -0.476 e. The molecule has 1 aromatic carbocycles. The second-order valence-corrected chi connectivity index (χ2v) is 3.41. The van der Waals surface area contributed by atoms with Gasteiger partial charge in [0.15, 0.2) is 11.4 Å². The summed E-state index contributed by atoms with van der Waals surface area (Å²) in [6.45, 7) is 0. The summed E-state index contributed by atoms with van der Waals surface area (Å²) in [6, 6.07) is 8.75. The van der Waals surface area contributed by atoms with Crippen molar-refractivity contribution in [1.29, 1.82) is 0 Å². The smallest absolute Gasteiger partial charge is 0.358 e. The first-order valence-electron chi connectivity index (χ1n) is 4.65. The Bertz CT molecular complexity index is 546. The van der Waals surface area contributed by atoms with Crippen molar-refractivity contribution in [3.8, 4) is 11.5 Å². The van der Waals surface area contributed by atoms with Crippen LogP contribution in [-0.2, 0) is 0 Å². The average molecular weight is 251 g/mol. The highest BCUT2D eigenvalue weighted by Crippen LogP contribution is 2.23. The second-order valence-electron chi connectivity index (χ2n) is 3.07. The van der Waals surface area contributed by atoms with Crippen molar-refractivity contribution < 1.29 is 14.6 Å². The normalized spacial score (nSPS) is 9.94. The van der Waals surface area contributed by atoms with Crippen LogP contribution >= 0.6 is 11.6 Å². The van der Waals surface area contributed by atoms with Crippen LogP contribution in [0.5, 0.6) is 11.5 Å². The number of carbonyl (C=O) groups is 1. The van der Waals surface area contributed by atoms with E-state index in [1.165, 1.54) is 6.20 Å². The summed E-state index contributed by atoms with van der Waals surface area (Å²) in [5, 5.41) is 8.80. The topological polar surface area (TPSA) is 72.3 Å². The Morgan fingerprint density at radius 3 is 2.65 bits per heavy atom. The maximum absolute atomic E-state index is 10.9. The van der Waals surface area contributed by atoms with Crippen LogP contribution in [0.15, 0.2) is 36.5 Å². The van der Waals surface area contributed by atoms with E-state index in [4.69, 9.17) is 21.4 Å². The zero-order valence-corrected chi connectivity index (χ0v) is 9.26. The van der Waals surface area contributed by atoms with E-state index >= 15 is 0 Å². The standard InChI is InChI=1S/C11H7ClN2O3/c12-11-13-6-8(9(14-11)10(15)16)17-7-4-2-1-3-5-7/h1-6H,(H,15,16). The van der Waals surface area contributed by atoms with Crippen LogP contribution in [0.4, 0.5) is 0 Å². The van der Waals surface area contributed by atoms with Crippen molar-refractivity contribution in [2.75, 3.05) is 0 Å². The number of para-hydroxylation sites is 1. The highest BCUT2D eigenvalue weighted by molar-refractivity contribution is 6.28. The number of hydrogen-bond donors (Lipinski definition) is 1. The molecule has 0 unspecified atom stereocenters. The number of halogens is 1. The zero-order valence-electron chi connectivity index (χ0n) is 8.50. The van der Waals surface area contributed by atoms with Gasteiger partial charge in [0, 0.05) is 0 Å². The molecule has 86 valence electrons. The molecule has 0 amide bonds. The Labute approximate surface area is 102 Å². The summed E-state index contributed by atoms with van der Waals surface area (Å²) in [7, 11) is 0. The zero-order chi connectivity index (χ0) is 12.3. The lowest BCUT2D eigenvalue weighted by molar-refractivity contribution is 0.0687. The lowest BCUT2D eigenvalue weighted by atomic mass is 10.3. The van der Waals surface area contributed by atoms with Gasteiger partial charge in [-0.2, -0.15) is 0 Å². The van der Waals surface area contributed by atoms with E-state index in [2.05, 4.69) is 9.97 Å². The number of aromatic nitrogens is 2. The third-order valence-corrected chi connectivity index (χ3v) is 2.08. The lowest BCUT2D eigenvalue weighted by Crippen LogP contribution is -2.04. The summed E-state index contributed by atoms with van der Waals surface area (Å²) in [5.41, 5.74) is -0.270. The largest absolute Gasteiger partial charge is 0.476 e. The summed E-state index contributed by atoms with van der Waals surface area (Å²) in [5.74, 6) is -0.672. The molecule has 2 aromatic rings. The molecule has 0 aliphatic rings. The van der Waals surface area contributed by atoms with Gasteiger partial charge in [-0.3, -0.25) is 0 Å². The van der Waals surface area contributed by atoms with Crippen LogP contribution in [0, 0.1) is 0 Å². The number of ether oxygens (including phenoxy) is 1. The molecule has 0 spiro atoms. The first-order chi connectivity index (χ1) is 8.16. The van der Waals surface area contributed by atoms with Gasteiger partial charge < -0.3 is 9.84 Å². The highest BCUT2D eigenvalue weighted by atomic mass is 35.5. The molecule has 0 atom stereocenters. The van der Waals surface area contributed by atoms with E-state index in [1.54, 1.807) is 24.3 Å². The number of hydrogen-bond acceptors (Lipinski definition) is 4. The molecule has 0 saturated carbocycles. The summed E-state index contributed by atoms with van der Waals surface area (Å²) >= 11 is 5.52. The Morgan fingerprint density at radius 2 is 2.00 bits per heavy atom. The van der Waals surface area contributed by atoms with Crippen LogP contribution in [0.3, 0.4) is 0 Å². The molecule has 1 heterocycles. The predicted molar refractivity (Wildman–Crippen MR) is 60.5 cm³/mol. The minimum absolute atomic E-state index is 0.0492. The molecule has 0 bridgehead atoms. The van der Waals surface area contributed by atoms with Gasteiger partial charge in [-0.15, -0.1) is 0 Å². The Hall–Kier alpha value is -2.14. The second kappa shape index (κ2) is 4.80. The summed E-state index contributed by atoms with van der Waals surface area (Å²) in [4.78, 5) is 18.2. The van der Waals surface area contributed by atoms with Crippen LogP contribution < -0.4 is 4.74 Å².